The largest absolute Gasteiger partial charge is 0.478 e. The highest BCUT2D eigenvalue weighted by Gasteiger charge is 2.19. The van der Waals surface area contributed by atoms with Crippen molar-refractivity contribution >= 4 is 31.8 Å². The van der Waals surface area contributed by atoms with Crippen LogP contribution >= 0.6 is 0 Å². The smallest absolute Gasteiger partial charge is 0.335 e. The van der Waals surface area contributed by atoms with Crippen LogP contribution in [0.5, 0.6) is 0 Å². The number of aromatic carboxylic acids is 2. The van der Waals surface area contributed by atoms with Crippen LogP contribution in [0.3, 0.4) is 0 Å². The summed E-state index contributed by atoms with van der Waals surface area (Å²) in [5, 5.41) is 19.9. The summed E-state index contributed by atoms with van der Waals surface area (Å²) in [5.41, 5.74) is 2.26. The molecule has 2 aromatic carbocycles. The molecule has 0 aliphatic rings. The van der Waals surface area contributed by atoms with E-state index in [1.54, 1.807) is 0 Å². The van der Waals surface area contributed by atoms with E-state index in [1.807, 2.05) is 32.0 Å². The van der Waals surface area contributed by atoms with Crippen molar-refractivity contribution in [3.05, 3.63) is 58.7 Å². The molecule has 0 atom stereocenters. The molecule has 0 aliphatic heterocycles. The molecule has 0 amide bonds. The van der Waals surface area contributed by atoms with Crippen LogP contribution < -0.4 is 10.4 Å². The Balaban J connectivity index is 2.59. The lowest BCUT2D eigenvalue weighted by molar-refractivity contribution is 0.0696. The van der Waals surface area contributed by atoms with Gasteiger partial charge in [0.2, 0.25) is 0 Å². The van der Waals surface area contributed by atoms with Crippen molar-refractivity contribution in [3.63, 3.8) is 0 Å². The van der Waals surface area contributed by atoms with Gasteiger partial charge in [-0.15, -0.1) is 0 Å². The van der Waals surface area contributed by atoms with Gasteiger partial charge in [-0.3, -0.25) is 0 Å². The van der Waals surface area contributed by atoms with Crippen LogP contribution in [0, 0.1) is 13.8 Å². The van der Waals surface area contributed by atoms with Gasteiger partial charge in [0, 0.05) is 0 Å². The maximum Gasteiger partial charge on any atom is 0.335 e. The molecule has 0 saturated carbocycles. The standard InChI is InChI=1S/C16H14O4Si/c1-9-5-3-8-13(10(9)2)21-14-11(15(17)18)6-4-7-12(14)16(19)20/h3-8H,1-2H3,(H,17,18)(H,19,20). The second kappa shape index (κ2) is 5.93. The lowest BCUT2D eigenvalue weighted by Crippen LogP contribution is -2.37. The Morgan fingerprint density at radius 3 is 1.95 bits per heavy atom. The van der Waals surface area contributed by atoms with Crippen LogP contribution in [-0.2, 0) is 0 Å². The van der Waals surface area contributed by atoms with Gasteiger partial charge in [-0.1, -0.05) is 29.5 Å². The van der Waals surface area contributed by atoms with Crippen LogP contribution in [0.1, 0.15) is 31.8 Å². The Bertz CT molecular complexity index is 690. The zero-order chi connectivity index (χ0) is 15.6. The topological polar surface area (TPSA) is 74.6 Å². The summed E-state index contributed by atoms with van der Waals surface area (Å²) in [6.45, 7) is 3.94. The van der Waals surface area contributed by atoms with Gasteiger partial charge in [-0.05, 0) is 42.3 Å². The van der Waals surface area contributed by atoms with E-state index in [2.05, 4.69) is 0 Å². The molecule has 2 N–H and O–H groups in total. The van der Waals surface area contributed by atoms with Crippen LogP contribution in [0.4, 0.5) is 0 Å². The predicted octanol–water partition coefficient (Wildman–Crippen LogP) is 1.35. The molecule has 2 aromatic rings. The van der Waals surface area contributed by atoms with Gasteiger partial charge in [0.25, 0.3) is 0 Å². The number of hydrogen-bond donors (Lipinski definition) is 2. The highest BCUT2D eigenvalue weighted by Crippen LogP contribution is 2.06. The molecule has 0 bridgehead atoms. The van der Waals surface area contributed by atoms with Crippen LogP contribution in [0.15, 0.2) is 36.4 Å². The number of hydrogen-bond acceptors (Lipinski definition) is 2. The van der Waals surface area contributed by atoms with Gasteiger partial charge < -0.3 is 10.2 Å². The maximum absolute atomic E-state index is 11.4. The number of rotatable bonds is 4. The molecule has 0 aliphatic carbocycles. The molecule has 0 unspecified atom stereocenters. The van der Waals surface area contributed by atoms with Crippen molar-refractivity contribution in [1.82, 2.24) is 0 Å². The van der Waals surface area contributed by atoms with Gasteiger partial charge in [-0.25, -0.2) is 9.59 Å². The van der Waals surface area contributed by atoms with Crippen LogP contribution in [0.25, 0.3) is 0 Å². The number of aryl methyl sites for hydroxylation is 1. The molecule has 2 rings (SSSR count). The molecule has 2 radical (unpaired) electrons. The number of carboxylic acids is 2. The van der Waals surface area contributed by atoms with E-state index in [9.17, 15) is 19.8 Å². The monoisotopic (exact) mass is 298 g/mol. The molecule has 4 nitrogen and oxygen atoms in total. The van der Waals surface area contributed by atoms with Crippen molar-refractivity contribution in [2.45, 2.75) is 13.8 Å². The summed E-state index contributed by atoms with van der Waals surface area (Å²) < 4.78 is 0. The normalized spacial score (nSPS) is 10.4. The minimum Gasteiger partial charge on any atom is -0.478 e. The first-order valence-electron chi connectivity index (χ1n) is 6.34. The number of carboxylic acid groups (broad SMARTS) is 2. The third-order valence-corrected chi connectivity index (χ3v) is 4.99. The summed E-state index contributed by atoms with van der Waals surface area (Å²) in [7, 11) is -0.00647. The Hall–Kier alpha value is -2.40. The Labute approximate surface area is 124 Å². The first-order valence-corrected chi connectivity index (χ1v) is 7.34. The Kier molecular flexibility index (Phi) is 4.23. The Morgan fingerprint density at radius 1 is 0.905 bits per heavy atom. The second-order valence-electron chi connectivity index (χ2n) is 4.71. The van der Waals surface area contributed by atoms with Gasteiger partial charge in [0.05, 0.1) is 11.1 Å². The lowest BCUT2D eigenvalue weighted by Gasteiger charge is -2.12. The maximum atomic E-state index is 11.4. The zero-order valence-corrected chi connectivity index (χ0v) is 12.7. The third kappa shape index (κ3) is 3.03. The Morgan fingerprint density at radius 2 is 1.43 bits per heavy atom. The SMILES string of the molecule is Cc1cccc([Si]c2c(C(=O)O)cccc2C(=O)O)c1C. The quantitative estimate of drug-likeness (QED) is 0.836. The molecule has 5 heteroatoms. The summed E-state index contributed by atoms with van der Waals surface area (Å²) in [4.78, 5) is 22.7. The van der Waals surface area contributed by atoms with Gasteiger partial charge >= 0.3 is 11.9 Å². The summed E-state index contributed by atoms with van der Waals surface area (Å²) in [6.07, 6.45) is 0. The van der Waals surface area contributed by atoms with Crippen LogP contribution in [-0.4, -0.2) is 31.7 Å². The van der Waals surface area contributed by atoms with E-state index in [0.717, 1.165) is 16.3 Å². The molecular formula is C16H14O4Si. The molecular weight excluding hydrogens is 284 g/mol. The fourth-order valence-corrected chi connectivity index (χ4v) is 3.55. The molecule has 21 heavy (non-hydrogen) atoms. The van der Waals surface area contributed by atoms with E-state index in [4.69, 9.17) is 0 Å². The summed E-state index contributed by atoms with van der Waals surface area (Å²) >= 11 is 0. The number of benzene rings is 2. The zero-order valence-electron chi connectivity index (χ0n) is 11.7. The van der Waals surface area contributed by atoms with Crippen molar-refractivity contribution in [2.24, 2.45) is 0 Å². The van der Waals surface area contributed by atoms with E-state index in [-0.39, 0.29) is 20.6 Å². The van der Waals surface area contributed by atoms with Gasteiger partial charge in [0.1, 0.15) is 9.52 Å². The predicted molar refractivity (Wildman–Crippen MR) is 81.3 cm³/mol. The van der Waals surface area contributed by atoms with E-state index in [0.29, 0.717) is 5.19 Å². The van der Waals surface area contributed by atoms with Crippen LogP contribution in [0.2, 0.25) is 0 Å². The highest BCUT2D eigenvalue weighted by molar-refractivity contribution is 6.70. The van der Waals surface area contributed by atoms with Crippen molar-refractivity contribution in [3.8, 4) is 0 Å². The molecule has 0 saturated heterocycles. The molecule has 106 valence electrons. The molecule has 0 aromatic heterocycles. The van der Waals surface area contributed by atoms with E-state index < -0.39 is 11.9 Å². The van der Waals surface area contributed by atoms with E-state index >= 15 is 0 Å². The molecule has 0 fully saturated rings. The fraction of sp³-hybridized carbons (Fsp3) is 0.125. The van der Waals surface area contributed by atoms with Crippen molar-refractivity contribution < 1.29 is 19.8 Å². The summed E-state index contributed by atoms with van der Waals surface area (Å²) in [5.74, 6) is -2.21. The summed E-state index contributed by atoms with van der Waals surface area (Å²) in [6, 6.07) is 10.1. The minimum absolute atomic E-state index is 0.00647. The van der Waals surface area contributed by atoms with Gasteiger partial charge in [-0.2, -0.15) is 0 Å². The average molecular weight is 298 g/mol. The second-order valence-corrected chi connectivity index (χ2v) is 6.00. The van der Waals surface area contributed by atoms with E-state index in [1.165, 1.54) is 18.2 Å². The van der Waals surface area contributed by atoms with Crippen molar-refractivity contribution in [2.75, 3.05) is 0 Å². The first-order chi connectivity index (χ1) is 9.91. The molecule has 0 heterocycles. The third-order valence-electron chi connectivity index (χ3n) is 3.39. The van der Waals surface area contributed by atoms with Gasteiger partial charge in [0.15, 0.2) is 0 Å². The molecule has 0 spiro atoms. The lowest BCUT2D eigenvalue weighted by atomic mass is 10.1. The van der Waals surface area contributed by atoms with Crippen molar-refractivity contribution in [1.29, 1.82) is 0 Å². The number of carbonyl (C=O) groups is 2. The average Bonchev–Trinajstić information content (AvgIpc) is 2.43. The minimum atomic E-state index is -1.11. The highest BCUT2D eigenvalue weighted by atomic mass is 28.2. The fourth-order valence-electron chi connectivity index (χ4n) is 2.06. The first kappa shape index (κ1) is 15.0.